The van der Waals surface area contributed by atoms with E-state index in [4.69, 9.17) is 4.74 Å². The number of benzene rings is 2. The second-order valence-electron chi connectivity index (χ2n) is 6.59. The van der Waals surface area contributed by atoms with Gasteiger partial charge in [-0.15, -0.1) is 11.3 Å². The number of pyridine rings is 1. The fraction of sp³-hybridized carbons (Fsp3) is 0.0833. The van der Waals surface area contributed by atoms with Gasteiger partial charge in [0, 0.05) is 11.8 Å². The second-order valence-corrected chi connectivity index (χ2v) is 7.59. The van der Waals surface area contributed by atoms with Crippen LogP contribution in [0.3, 0.4) is 0 Å². The number of Topliss-reactive ketones (excluding diaryl/α,β-unsaturated/α-hetero) is 1. The minimum absolute atomic E-state index is 0.255. The molecule has 0 atom stereocenters. The van der Waals surface area contributed by atoms with Gasteiger partial charge in [0.1, 0.15) is 9.88 Å². The Bertz CT molecular complexity index is 1170. The first-order valence-electron chi connectivity index (χ1n) is 9.36. The maximum Gasteiger partial charge on any atom is 0.350 e. The molecule has 0 aliphatic rings. The Morgan fingerprint density at radius 1 is 0.900 bits per heavy atom. The van der Waals surface area contributed by atoms with Crippen LogP contribution in [0.15, 0.2) is 79.0 Å². The van der Waals surface area contributed by atoms with Crippen molar-refractivity contribution in [2.24, 2.45) is 0 Å². The average Bonchev–Trinajstić information content (AvgIpc) is 3.20. The van der Waals surface area contributed by atoms with Gasteiger partial charge < -0.3 is 4.74 Å². The third kappa shape index (κ3) is 4.34. The predicted octanol–water partition coefficient (Wildman–Crippen LogP) is 5.22. The Morgan fingerprint density at radius 2 is 1.60 bits per heavy atom. The molecule has 0 aliphatic heterocycles. The van der Waals surface area contributed by atoms with Crippen molar-refractivity contribution < 1.29 is 14.3 Å². The average molecular weight is 414 g/mol. The van der Waals surface area contributed by atoms with Crippen molar-refractivity contribution in [3.05, 3.63) is 95.1 Å². The third-order valence-electron chi connectivity index (χ3n) is 4.51. The van der Waals surface area contributed by atoms with E-state index in [0.29, 0.717) is 26.8 Å². The largest absolute Gasteiger partial charge is 0.453 e. The van der Waals surface area contributed by atoms with Crippen molar-refractivity contribution in [1.82, 2.24) is 9.97 Å². The Morgan fingerprint density at radius 3 is 2.30 bits per heavy atom. The summed E-state index contributed by atoms with van der Waals surface area (Å²) in [6.45, 7) is 1.42. The Labute approximate surface area is 178 Å². The summed E-state index contributed by atoms with van der Waals surface area (Å²) in [4.78, 5) is 33.9. The van der Waals surface area contributed by atoms with Crippen LogP contribution in [0.4, 0.5) is 0 Å². The number of esters is 1. The first kappa shape index (κ1) is 19.7. The maximum absolute atomic E-state index is 12.5. The van der Waals surface area contributed by atoms with E-state index in [1.54, 1.807) is 25.3 Å². The number of thiazole rings is 1. The number of carbonyl (C=O) groups is 2. The molecular formula is C24H18N2O3S. The van der Waals surface area contributed by atoms with Crippen LogP contribution in [0.5, 0.6) is 0 Å². The fourth-order valence-corrected chi connectivity index (χ4v) is 3.88. The molecule has 0 N–H and O–H groups in total. The van der Waals surface area contributed by atoms with Crippen LogP contribution in [-0.2, 0) is 4.74 Å². The van der Waals surface area contributed by atoms with E-state index in [9.17, 15) is 9.59 Å². The zero-order chi connectivity index (χ0) is 20.9. The molecule has 30 heavy (non-hydrogen) atoms. The number of hydrogen-bond donors (Lipinski definition) is 0. The highest BCUT2D eigenvalue weighted by molar-refractivity contribution is 7.17. The summed E-state index contributed by atoms with van der Waals surface area (Å²) in [5.41, 5.74) is 3.85. The summed E-state index contributed by atoms with van der Waals surface area (Å²) < 4.78 is 5.25. The first-order valence-corrected chi connectivity index (χ1v) is 10.2. The number of aromatic nitrogens is 2. The van der Waals surface area contributed by atoms with Crippen LogP contribution in [-0.4, -0.2) is 28.3 Å². The summed E-state index contributed by atoms with van der Waals surface area (Å²) in [5, 5.41) is 0.642. The molecular weight excluding hydrogens is 396 g/mol. The molecule has 0 unspecified atom stereocenters. The van der Waals surface area contributed by atoms with Gasteiger partial charge in [-0.25, -0.2) is 9.78 Å². The minimum atomic E-state index is -0.554. The van der Waals surface area contributed by atoms with Crippen molar-refractivity contribution in [2.75, 3.05) is 6.61 Å². The predicted molar refractivity (Wildman–Crippen MR) is 117 cm³/mol. The normalized spacial score (nSPS) is 10.6. The summed E-state index contributed by atoms with van der Waals surface area (Å²) >= 11 is 1.21. The smallest absolute Gasteiger partial charge is 0.350 e. The van der Waals surface area contributed by atoms with E-state index in [-0.39, 0.29) is 12.4 Å². The monoisotopic (exact) mass is 414 g/mol. The number of aryl methyl sites for hydroxylation is 1. The van der Waals surface area contributed by atoms with E-state index in [1.165, 1.54) is 11.3 Å². The van der Waals surface area contributed by atoms with Crippen LogP contribution in [0.1, 0.15) is 25.7 Å². The second kappa shape index (κ2) is 8.80. The molecule has 0 bridgehead atoms. The van der Waals surface area contributed by atoms with E-state index in [2.05, 4.69) is 9.97 Å². The topological polar surface area (TPSA) is 69.2 Å². The van der Waals surface area contributed by atoms with Gasteiger partial charge in [0.25, 0.3) is 0 Å². The lowest BCUT2D eigenvalue weighted by Gasteiger charge is -2.05. The van der Waals surface area contributed by atoms with Gasteiger partial charge in [-0.3, -0.25) is 9.78 Å². The molecule has 0 radical (unpaired) electrons. The zero-order valence-corrected chi connectivity index (χ0v) is 17.1. The highest BCUT2D eigenvalue weighted by Gasteiger charge is 2.19. The van der Waals surface area contributed by atoms with Crippen molar-refractivity contribution in [3.63, 3.8) is 0 Å². The standard InChI is InChI=1S/C24H18N2O3S/c1-16-22(30-23(26-16)20-9-5-6-14-25-20)24(28)29-15-21(27)19-12-10-18(11-13-19)17-7-3-2-4-8-17/h2-14H,15H2,1H3. The van der Waals surface area contributed by atoms with E-state index in [0.717, 1.165) is 11.1 Å². The van der Waals surface area contributed by atoms with Crippen molar-refractivity contribution in [2.45, 2.75) is 6.92 Å². The molecule has 0 saturated heterocycles. The van der Waals surface area contributed by atoms with Gasteiger partial charge in [-0.05, 0) is 30.2 Å². The number of nitrogens with zero attached hydrogens (tertiary/aromatic N) is 2. The molecule has 4 aromatic rings. The molecule has 0 saturated carbocycles. The van der Waals surface area contributed by atoms with Crippen molar-refractivity contribution >= 4 is 23.1 Å². The fourth-order valence-electron chi connectivity index (χ4n) is 2.94. The molecule has 0 aliphatic carbocycles. The van der Waals surface area contributed by atoms with Gasteiger partial charge in [0.05, 0.1) is 11.4 Å². The zero-order valence-electron chi connectivity index (χ0n) is 16.2. The lowest BCUT2D eigenvalue weighted by molar-refractivity contribution is 0.0478. The van der Waals surface area contributed by atoms with Crippen LogP contribution in [0, 0.1) is 6.92 Å². The number of ether oxygens (including phenoxy) is 1. The quantitative estimate of drug-likeness (QED) is 0.320. The Hall–Kier alpha value is -3.64. The van der Waals surface area contributed by atoms with Crippen LogP contribution >= 0.6 is 11.3 Å². The van der Waals surface area contributed by atoms with Gasteiger partial charge in [-0.1, -0.05) is 60.7 Å². The van der Waals surface area contributed by atoms with Crippen molar-refractivity contribution in [1.29, 1.82) is 0 Å². The highest BCUT2D eigenvalue weighted by atomic mass is 32.1. The van der Waals surface area contributed by atoms with E-state index in [1.807, 2.05) is 60.7 Å². The van der Waals surface area contributed by atoms with Crippen molar-refractivity contribution in [3.8, 4) is 21.8 Å². The number of hydrogen-bond acceptors (Lipinski definition) is 6. The lowest BCUT2D eigenvalue weighted by Crippen LogP contribution is -2.14. The summed E-state index contributed by atoms with van der Waals surface area (Å²) in [5.74, 6) is -0.809. The molecule has 2 aromatic carbocycles. The molecule has 0 spiro atoms. The number of carbonyl (C=O) groups excluding carboxylic acids is 2. The molecule has 2 heterocycles. The van der Waals surface area contributed by atoms with Crippen LogP contribution in [0.25, 0.3) is 21.8 Å². The Balaban J connectivity index is 1.40. The van der Waals surface area contributed by atoms with Gasteiger partial charge >= 0.3 is 5.97 Å². The van der Waals surface area contributed by atoms with E-state index < -0.39 is 5.97 Å². The first-order chi connectivity index (χ1) is 14.6. The number of ketones is 1. The highest BCUT2D eigenvalue weighted by Crippen LogP contribution is 2.27. The van der Waals surface area contributed by atoms with Gasteiger partial charge in [-0.2, -0.15) is 0 Å². The molecule has 2 aromatic heterocycles. The molecule has 6 heteroatoms. The molecule has 0 fully saturated rings. The summed E-state index contributed by atoms with van der Waals surface area (Å²) in [6, 6.07) is 22.7. The molecule has 5 nitrogen and oxygen atoms in total. The van der Waals surface area contributed by atoms with Gasteiger partial charge in [0.15, 0.2) is 12.4 Å². The van der Waals surface area contributed by atoms with Gasteiger partial charge in [0.2, 0.25) is 0 Å². The molecule has 148 valence electrons. The molecule has 4 rings (SSSR count). The SMILES string of the molecule is Cc1nc(-c2ccccn2)sc1C(=O)OCC(=O)c1ccc(-c2ccccc2)cc1. The lowest BCUT2D eigenvalue weighted by atomic mass is 10.0. The summed E-state index contributed by atoms with van der Waals surface area (Å²) in [6.07, 6.45) is 1.67. The maximum atomic E-state index is 12.5. The number of rotatable bonds is 6. The third-order valence-corrected chi connectivity index (χ3v) is 5.67. The summed E-state index contributed by atoms with van der Waals surface area (Å²) in [7, 11) is 0. The van der Waals surface area contributed by atoms with Crippen LogP contribution < -0.4 is 0 Å². The van der Waals surface area contributed by atoms with Crippen LogP contribution in [0.2, 0.25) is 0 Å². The Kier molecular flexibility index (Phi) is 5.77. The van der Waals surface area contributed by atoms with E-state index >= 15 is 0 Å². The molecule has 0 amide bonds. The minimum Gasteiger partial charge on any atom is -0.453 e.